The summed E-state index contributed by atoms with van der Waals surface area (Å²) in [4.78, 5) is 5.05. The monoisotopic (exact) mass is 359 g/mol. The summed E-state index contributed by atoms with van der Waals surface area (Å²) in [6.07, 6.45) is 12.6. The predicted molar refractivity (Wildman–Crippen MR) is 113 cm³/mol. The van der Waals surface area contributed by atoms with Crippen molar-refractivity contribution >= 4 is 16.8 Å². The smallest absolute Gasteiger partial charge is 0.100 e. The minimum absolute atomic E-state index is 0.440. The number of hydrogen-bond acceptors (Lipinski definition) is 2. The summed E-state index contributed by atoms with van der Waals surface area (Å²) in [7, 11) is 0. The highest BCUT2D eigenvalue weighted by atomic mass is 32.2. The zero-order valence-corrected chi connectivity index (χ0v) is 17.6. The van der Waals surface area contributed by atoms with Crippen molar-refractivity contribution in [2.24, 2.45) is 28.7 Å². The summed E-state index contributed by atoms with van der Waals surface area (Å²) in [5.74, 6) is 2.99. The van der Waals surface area contributed by atoms with Crippen molar-refractivity contribution in [2.45, 2.75) is 90.7 Å². The molecule has 3 unspecified atom stereocenters. The molecule has 140 valence electrons. The quantitative estimate of drug-likeness (QED) is 0.498. The second-order valence-electron chi connectivity index (χ2n) is 8.89. The molecule has 2 aliphatic carbocycles. The van der Waals surface area contributed by atoms with Gasteiger partial charge in [-0.3, -0.25) is 0 Å². The molecule has 25 heavy (non-hydrogen) atoms. The molecule has 3 rings (SSSR count). The van der Waals surface area contributed by atoms with Gasteiger partial charge in [0, 0.05) is 16.9 Å². The van der Waals surface area contributed by atoms with E-state index in [1.165, 1.54) is 62.8 Å². The van der Waals surface area contributed by atoms with E-state index in [0.717, 1.165) is 28.7 Å². The molecule has 0 bridgehead atoms. The molecule has 0 radical (unpaired) electrons. The van der Waals surface area contributed by atoms with E-state index in [1.807, 2.05) is 0 Å². The molecule has 0 amide bonds. The van der Waals surface area contributed by atoms with Gasteiger partial charge in [-0.2, -0.15) is 0 Å². The van der Waals surface area contributed by atoms with Gasteiger partial charge in [-0.1, -0.05) is 71.4 Å². The Balaban J connectivity index is 1.90. The molecule has 2 saturated carbocycles. The van der Waals surface area contributed by atoms with E-state index in [2.05, 4.69) is 46.0 Å². The molecular weight excluding hydrogens is 322 g/mol. The Kier molecular flexibility index (Phi) is 6.52. The third kappa shape index (κ3) is 4.26. The third-order valence-corrected chi connectivity index (χ3v) is 8.14. The van der Waals surface area contributed by atoms with E-state index in [1.54, 1.807) is 11.1 Å². The van der Waals surface area contributed by atoms with Crippen molar-refractivity contribution in [1.82, 2.24) is 0 Å². The molecule has 0 spiro atoms. The topological polar surface area (TPSA) is 12.4 Å². The molecule has 1 saturated heterocycles. The van der Waals surface area contributed by atoms with Gasteiger partial charge in [0.15, 0.2) is 0 Å². The van der Waals surface area contributed by atoms with Crippen LogP contribution in [0.25, 0.3) is 0 Å². The van der Waals surface area contributed by atoms with Crippen molar-refractivity contribution in [2.75, 3.05) is 0 Å². The molecule has 2 heteroatoms. The van der Waals surface area contributed by atoms with E-state index in [-0.39, 0.29) is 0 Å². The third-order valence-electron chi connectivity index (χ3n) is 6.77. The summed E-state index contributed by atoms with van der Waals surface area (Å²) in [5, 5.41) is 2.11. The molecule has 1 aliphatic heterocycles. The first-order chi connectivity index (χ1) is 12.0. The van der Waals surface area contributed by atoms with Gasteiger partial charge in [0.1, 0.15) is 5.04 Å². The molecular formula is C23H37NS. The van der Waals surface area contributed by atoms with Gasteiger partial charge in [0.05, 0.1) is 0 Å². The summed E-state index contributed by atoms with van der Waals surface area (Å²) < 4.78 is 0. The standard InChI is InChI=1S/C23H37NS/c1-6-19-12-13-20-22(19)21(23(25-20)24-17(5)15(2)3)16(4)14-18-10-8-7-9-11-18/h15,18-20,22H,5-14H2,1-4H3/b21-16+,24-23?. The van der Waals surface area contributed by atoms with Crippen LogP contribution in [0.15, 0.2) is 28.4 Å². The Labute approximate surface area is 159 Å². The Morgan fingerprint density at radius 2 is 1.88 bits per heavy atom. The summed E-state index contributed by atoms with van der Waals surface area (Å²) in [6.45, 7) is 13.5. The normalized spacial score (nSPS) is 34.0. The molecule has 0 aromatic rings. The fourth-order valence-electron chi connectivity index (χ4n) is 5.15. The number of hydrogen-bond donors (Lipinski definition) is 0. The lowest BCUT2D eigenvalue weighted by atomic mass is 9.80. The zero-order chi connectivity index (χ0) is 18.0. The Morgan fingerprint density at radius 3 is 2.52 bits per heavy atom. The first-order valence-corrected chi connectivity index (χ1v) is 11.5. The lowest BCUT2D eigenvalue weighted by Gasteiger charge is -2.25. The van der Waals surface area contributed by atoms with Crippen LogP contribution in [-0.2, 0) is 0 Å². The van der Waals surface area contributed by atoms with E-state index < -0.39 is 0 Å². The van der Waals surface area contributed by atoms with E-state index in [4.69, 9.17) is 4.99 Å². The molecule has 3 aliphatic rings. The maximum absolute atomic E-state index is 5.05. The number of rotatable bonds is 5. The number of thioether (sulfide) groups is 1. The van der Waals surface area contributed by atoms with Gasteiger partial charge in [0.25, 0.3) is 0 Å². The van der Waals surface area contributed by atoms with Crippen molar-refractivity contribution < 1.29 is 0 Å². The lowest BCUT2D eigenvalue weighted by Crippen LogP contribution is -2.17. The van der Waals surface area contributed by atoms with Gasteiger partial charge >= 0.3 is 0 Å². The summed E-state index contributed by atoms with van der Waals surface area (Å²) in [5.41, 5.74) is 4.35. The average molecular weight is 360 g/mol. The largest absolute Gasteiger partial charge is 0.247 e. The van der Waals surface area contributed by atoms with Crippen LogP contribution in [0.3, 0.4) is 0 Å². The van der Waals surface area contributed by atoms with Crippen LogP contribution in [-0.4, -0.2) is 10.3 Å². The van der Waals surface area contributed by atoms with Crippen LogP contribution in [0, 0.1) is 23.7 Å². The molecule has 1 nitrogen and oxygen atoms in total. The molecule has 0 aromatic carbocycles. The second kappa shape index (κ2) is 8.46. The van der Waals surface area contributed by atoms with Gasteiger partial charge in [0.2, 0.25) is 0 Å². The maximum atomic E-state index is 5.05. The fraction of sp³-hybridized carbons (Fsp3) is 0.783. The van der Waals surface area contributed by atoms with E-state index >= 15 is 0 Å². The SMILES string of the molecule is C=C(N=C1SC2CCC(CC)C2/C1=C(/C)CC1CCCCC1)C(C)C. The molecule has 1 heterocycles. The van der Waals surface area contributed by atoms with Gasteiger partial charge in [-0.05, 0) is 49.5 Å². The molecule has 0 aromatic heterocycles. The number of allylic oxidation sites excluding steroid dienone is 2. The number of aliphatic imine (C=N–C) groups is 1. The maximum Gasteiger partial charge on any atom is 0.100 e. The lowest BCUT2D eigenvalue weighted by molar-refractivity contribution is 0.353. The first-order valence-electron chi connectivity index (χ1n) is 10.6. The number of fused-ring (bicyclic) bond motifs is 1. The summed E-state index contributed by atoms with van der Waals surface area (Å²) >= 11 is 2.08. The highest BCUT2D eigenvalue weighted by Crippen LogP contribution is 2.54. The van der Waals surface area contributed by atoms with Gasteiger partial charge in [-0.15, -0.1) is 11.8 Å². The van der Waals surface area contributed by atoms with Gasteiger partial charge in [-0.25, -0.2) is 4.99 Å². The van der Waals surface area contributed by atoms with Crippen LogP contribution in [0.4, 0.5) is 0 Å². The van der Waals surface area contributed by atoms with Gasteiger partial charge < -0.3 is 0 Å². The van der Waals surface area contributed by atoms with Crippen LogP contribution in [0.1, 0.15) is 85.5 Å². The Morgan fingerprint density at radius 1 is 1.16 bits per heavy atom. The van der Waals surface area contributed by atoms with Crippen LogP contribution in [0.2, 0.25) is 0 Å². The highest BCUT2D eigenvalue weighted by Gasteiger charge is 2.46. The minimum Gasteiger partial charge on any atom is -0.247 e. The number of nitrogens with zero attached hydrogens (tertiary/aromatic N) is 1. The van der Waals surface area contributed by atoms with Crippen molar-refractivity contribution in [3.63, 3.8) is 0 Å². The summed E-state index contributed by atoms with van der Waals surface area (Å²) in [6, 6.07) is 0. The molecule has 0 N–H and O–H groups in total. The van der Waals surface area contributed by atoms with Crippen molar-refractivity contribution in [3.8, 4) is 0 Å². The zero-order valence-electron chi connectivity index (χ0n) is 16.8. The fourth-order valence-corrected chi connectivity index (χ4v) is 6.80. The molecule has 3 fully saturated rings. The minimum atomic E-state index is 0.440. The molecule has 3 atom stereocenters. The van der Waals surface area contributed by atoms with E-state index in [9.17, 15) is 0 Å². The van der Waals surface area contributed by atoms with Crippen LogP contribution < -0.4 is 0 Å². The van der Waals surface area contributed by atoms with Crippen molar-refractivity contribution in [1.29, 1.82) is 0 Å². The Bertz CT molecular complexity index is 550. The van der Waals surface area contributed by atoms with Crippen molar-refractivity contribution in [3.05, 3.63) is 23.4 Å². The second-order valence-corrected chi connectivity index (χ2v) is 10.1. The predicted octanol–water partition coefficient (Wildman–Crippen LogP) is 7.39. The van der Waals surface area contributed by atoms with Crippen LogP contribution in [0.5, 0.6) is 0 Å². The Hall–Kier alpha value is -0.500. The van der Waals surface area contributed by atoms with Crippen LogP contribution >= 0.6 is 11.8 Å². The average Bonchev–Trinajstić information content (AvgIpc) is 3.13. The highest BCUT2D eigenvalue weighted by molar-refractivity contribution is 8.15. The van der Waals surface area contributed by atoms with E-state index in [0.29, 0.717) is 5.92 Å². The first kappa shape index (κ1) is 19.3.